The lowest BCUT2D eigenvalue weighted by Gasteiger charge is -2.31. The molecular weight excluding hydrogens is 234 g/mol. The Bertz CT molecular complexity index is 121. The Balaban J connectivity index is 2.16. The van der Waals surface area contributed by atoms with Crippen LogP contribution >= 0.6 is 27.7 Å². The van der Waals surface area contributed by atoms with E-state index in [0.717, 1.165) is 5.92 Å². The van der Waals surface area contributed by atoms with Gasteiger partial charge in [-0.25, -0.2) is 0 Å². The molecule has 0 saturated carbocycles. The molecule has 1 atom stereocenters. The standard InChI is InChI=1S/C9H18BrNS/c1-12-6-5-11-4-2-3-9(7-10)8-11/h9H,2-8H2,1H3. The van der Waals surface area contributed by atoms with E-state index in [1.165, 1.54) is 43.6 Å². The van der Waals surface area contributed by atoms with Crippen molar-refractivity contribution in [2.75, 3.05) is 37.0 Å². The second-order valence-corrected chi connectivity index (χ2v) is 5.09. The van der Waals surface area contributed by atoms with Gasteiger partial charge < -0.3 is 4.90 Å². The molecule has 0 aromatic rings. The third-order valence-corrected chi connectivity index (χ3v) is 3.94. The minimum absolute atomic E-state index is 0.903. The molecule has 1 nitrogen and oxygen atoms in total. The van der Waals surface area contributed by atoms with Gasteiger partial charge in [0.15, 0.2) is 0 Å². The van der Waals surface area contributed by atoms with Gasteiger partial charge in [0, 0.05) is 24.2 Å². The topological polar surface area (TPSA) is 3.24 Å². The number of rotatable bonds is 4. The number of hydrogen-bond donors (Lipinski definition) is 0. The summed E-state index contributed by atoms with van der Waals surface area (Å²) in [6.07, 6.45) is 5.00. The lowest BCUT2D eigenvalue weighted by atomic mass is 10.0. The number of likely N-dealkylation sites (tertiary alicyclic amines) is 1. The van der Waals surface area contributed by atoms with Gasteiger partial charge in [-0.15, -0.1) is 0 Å². The van der Waals surface area contributed by atoms with E-state index in [9.17, 15) is 0 Å². The van der Waals surface area contributed by atoms with E-state index in [1.807, 2.05) is 11.8 Å². The number of piperidine rings is 1. The lowest BCUT2D eigenvalue weighted by molar-refractivity contribution is 0.197. The van der Waals surface area contributed by atoms with E-state index in [-0.39, 0.29) is 0 Å². The van der Waals surface area contributed by atoms with Crippen LogP contribution in [0.4, 0.5) is 0 Å². The number of thioether (sulfide) groups is 1. The van der Waals surface area contributed by atoms with Gasteiger partial charge in [-0.3, -0.25) is 0 Å². The average Bonchev–Trinajstić information content (AvgIpc) is 2.15. The van der Waals surface area contributed by atoms with E-state index < -0.39 is 0 Å². The quantitative estimate of drug-likeness (QED) is 0.707. The predicted octanol–water partition coefficient (Wildman–Crippen LogP) is 2.46. The van der Waals surface area contributed by atoms with E-state index in [0.29, 0.717) is 0 Å². The molecule has 0 aromatic heterocycles. The van der Waals surface area contributed by atoms with Crippen LogP contribution in [0.25, 0.3) is 0 Å². The molecule has 0 aromatic carbocycles. The maximum absolute atomic E-state index is 3.57. The van der Waals surface area contributed by atoms with Crippen LogP contribution in [0.15, 0.2) is 0 Å². The molecular formula is C9H18BrNS. The second kappa shape index (κ2) is 6.28. The first-order chi connectivity index (χ1) is 5.86. The molecule has 0 bridgehead atoms. The van der Waals surface area contributed by atoms with Crippen LogP contribution < -0.4 is 0 Å². The molecule has 1 heterocycles. The van der Waals surface area contributed by atoms with Crippen LogP contribution in [0.5, 0.6) is 0 Å². The van der Waals surface area contributed by atoms with E-state index >= 15 is 0 Å². The summed E-state index contributed by atoms with van der Waals surface area (Å²) in [5.41, 5.74) is 0. The Morgan fingerprint density at radius 3 is 3.08 bits per heavy atom. The monoisotopic (exact) mass is 251 g/mol. The van der Waals surface area contributed by atoms with Gasteiger partial charge >= 0.3 is 0 Å². The first-order valence-corrected chi connectivity index (χ1v) is 7.15. The Morgan fingerprint density at radius 1 is 1.58 bits per heavy atom. The van der Waals surface area contributed by atoms with Crippen molar-refractivity contribution in [3.05, 3.63) is 0 Å². The second-order valence-electron chi connectivity index (χ2n) is 3.46. The van der Waals surface area contributed by atoms with Crippen molar-refractivity contribution in [3.63, 3.8) is 0 Å². The molecule has 1 fully saturated rings. The van der Waals surface area contributed by atoms with Crippen molar-refractivity contribution in [2.24, 2.45) is 5.92 Å². The Labute approximate surface area is 88.4 Å². The predicted molar refractivity (Wildman–Crippen MR) is 61.3 cm³/mol. The van der Waals surface area contributed by atoms with Crippen LogP contribution in [0.1, 0.15) is 12.8 Å². The first-order valence-electron chi connectivity index (χ1n) is 4.64. The third-order valence-electron chi connectivity index (χ3n) is 2.43. The molecule has 0 aliphatic carbocycles. The highest BCUT2D eigenvalue weighted by molar-refractivity contribution is 9.09. The van der Waals surface area contributed by atoms with Gasteiger partial charge in [0.25, 0.3) is 0 Å². The smallest absolute Gasteiger partial charge is 0.00724 e. The van der Waals surface area contributed by atoms with Crippen LogP contribution in [0, 0.1) is 5.92 Å². The molecule has 1 saturated heterocycles. The summed E-state index contributed by atoms with van der Waals surface area (Å²) in [7, 11) is 0. The Hall–Kier alpha value is 0.790. The minimum Gasteiger partial charge on any atom is -0.302 e. The fourth-order valence-corrected chi connectivity index (χ4v) is 2.67. The molecule has 1 aliphatic rings. The highest BCUT2D eigenvalue weighted by Crippen LogP contribution is 2.18. The Kier molecular flexibility index (Phi) is 5.68. The largest absolute Gasteiger partial charge is 0.302 e. The van der Waals surface area contributed by atoms with Crippen LogP contribution in [-0.2, 0) is 0 Å². The molecule has 3 heteroatoms. The van der Waals surface area contributed by atoms with Crippen LogP contribution in [0.3, 0.4) is 0 Å². The summed E-state index contributed by atoms with van der Waals surface area (Å²) < 4.78 is 0. The fourth-order valence-electron chi connectivity index (χ4n) is 1.70. The normalized spacial score (nSPS) is 26.0. The average molecular weight is 252 g/mol. The zero-order valence-electron chi connectivity index (χ0n) is 7.76. The summed E-state index contributed by atoms with van der Waals surface area (Å²) in [6, 6.07) is 0. The van der Waals surface area contributed by atoms with Crippen LogP contribution in [-0.4, -0.2) is 41.9 Å². The third kappa shape index (κ3) is 3.67. The molecule has 12 heavy (non-hydrogen) atoms. The molecule has 0 spiro atoms. The minimum atomic E-state index is 0.903. The molecule has 1 aliphatic heterocycles. The molecule has 0 radical (unpaired) electrons. The molecule has 0 amide bonds. The SMILES string of the molecule is CSCCN1CCCC(CBr)C1. The number of alkyl halides is 1. The van der Waals surface area contributed by atoms with Gasteiger partial charge in [-0.1, -0.05) is 15.9 Å². The zero-order valence-corrected chi connectivity index (χ0v) is 10.2. The number of hydrogen-bond acceptors (Lipinski definition) is 2. The summed E-state index contributed by atoms with van der Waals surface area (Å²) in [5, 5.41) is 1.18. The first kappa shape index (κ1) is 10.9. The molecule has 1 unspecified atom stereocenters. The van der Waals surface area contributed by atoms with Crippen LogP contribution in [0.2, 0.25) is 0 Å². The van der Waals surface area contributed by atoms with Gasteiger partial charge in [0.05, 0.1) is 0 Å². The number of nitrogens with zero attached hydrogens (tertiary/aromatic N) is 1. The number of halogens is 1. The van der Waals surface area contributed by atoms with Crippen molar-refractivity contribution >= 4 is 27.7 Å². The lowest BCUT2D eigenvalue weighted by Crippen LogP contribution is -2.37. The van der Waals surface area contributed by atoms with Gasteiger partial charge in [-0.2, -0.15) is 11.8 Å². The van der Waals surface area contributed by atoms with E-state index in [1.54, 1.807) is 0 Å². The van der Waals surface area contributed by atoms with Crippen molar-refractivity contribution in [2.45, 2.75) is 12.8 Å². The maximum Gasteiger partial charge on any atom is 0.00724 e. The summed E-state index contributed by atoms with van der Waals surface area (Å²) in [4.78, 5) is 2.60. The van der Waals surface area contributed by atoms with Crippen molar-refractivity contribution < 1.29 is 0 Å². The summed E-state index contributed by atoms with van der Waals surface area (Å²) in [6.45, 7) is 3.92. The summed E-state index contributed by atoms with van der Waals surface area (Å²) in [5.74, 6) is 2.19. The van der Waals surface area contributed by atoms with E-state index in [2.05, 4.69) is 27.1 Å². The molecule has 1 rings (SSSR count). The van der Waals surface area contributed by atoms with Crippen molar-refractivity contribution in [3.8, 4) is 0 Å². The molecule has 72 valence electrons. The highest BCUT2D eigenvalue weighted by atomic mass is 79.9. The van der Waals surface area contributed by atoms with Gasteiger partial charge in [0.1, 0.15) is 0 Å². The van der Waals surface area contributed by atoms with Gasteiger partial charge in [0.2, 0.25) is 0 Å². The Morgan fingerprint density at radius 2 is 2.42 bits per heavy atom. The zero-order chi connectivity index (χ0) is 8.81. The van der Waals surface area contributed by atoms with E-state index in [4.69, 9.17) is 0 Å². The molecule has 0 N–H and O–H groups in total. The maximum atomic E-state index is 3.57. The fraction of sp³-hybridized carbons (Fsp3) is 1.00. The van der Waals surface area contributed by atoms with Crippen molar-refractivity contribution in [1.29, 1.82) is 0 Å². The van der Waals surface area contributed by atoms with Crippen molar-refractivity contribution in [1.82, 2.24) is 4.90 Å². The van der Waals surface area contributed by atoms with Gasteiger partial charge in [-0.05, 0) is 31.6 Å². The highest BCUT2D eigenvalue weighted by Gasteiger charge is 2.17. The summed E-state index contributed by atoms with van der Waals surface area (Å²) >= 11 is 5.53.